The third kappa shape index (κ3) is 2.84. The maximum Gasteiger partial charge on any atom is 0.169 e. The van der Waals surface area contributed by atoms with E-state index < -0.39 is 0 Å². The van der Waals surface area contributed by atoms with Crippen LogP contribution in [-0.4, -0.2) is 9.97 Å². The van der Waals surface area contributed by atoms with E-state index in [1.807, 2.05) is 25.1 Å². The molecule has 0 bridgehead atoms. The standard InChI is InChI=1S/C15H12Cl2N2OS/c1-8-9(2)21-15-13(8)14(17)18-12(19-15)7-20-11-6-4-3-5-10(11)16/h3-6H,7H2,1-2H3. The van der Waals surface area contributed by atoms with Gasteiger partial charge in [0, 0.05) is 4.88 Å². The molecule has 0 fully saturated rings. The maximum absolute atomic E-state index is 6.27. The summed E-state index contributed by atoms with van der Waals surface area (Å²) in [6.07, 6.45) is 0. The van der Waals surface area contributed by atoms with E-state index in [1.165, 1.54) is 4.88 Å². The molecule has 0 aliphatic carbocycles. The van der Waals surface area contributed by atoms with Crippen LogP contribution in [0, 0.1) is 13.8 Å². The first-order valence-corrected chi connectivity index (χ1v) is 7.93. The Labute approximate surface area is 136 Å². The Morgan fingerprint density at radius 1 is 1.14 bits per heavy atom. The summed E-state index contributed by atoms with van der Waals surface area (Å²) in [4.78, 5) is 10.9. The minimum absolute atomic E-state index is 0.232. The predicted molar refractivity (Wildman–Crippen MR) is 87.7 cm³/mol. The molecule has 21 heavy (non-hydrogen) atoms. The molecule has 0 N–H and O–H groups in total. The van der Waals surface area contributed by atoms with E-state index in [1.54, 1.807) is 17.4 Å². The summed E-state index contributed by atoms with van der Waals surface area (Å²) in [6, 6.07) is 7.30. The number of halogens is 2. The molecule has 0 unspecified atom stereocenters. The van der Waals surface area contributed by atoms with Crippen LogP contribution in [0.4, 0.5) is 0 Å². The second kappa shape index (κ2) is 5.79. The number of fused-ring (bicyclic) bond motifs is 1. The van der Waals surface area contributed by atoms with Crippen LogP contribution < -0.4 is 4.74 Å². The van der Waals surface area contributed by atoms with Gasteiger partial charge >= 0.3 is 0 Å². The number of rotatable bonds is 3. The molecule has 3 rings (SSSR count). The van der Waals surface area contributed by atoms with E-state index in [9.17, 15) is 0 Å². The predicted octanol–water partition coefficient (Wildman–Crippen LogP) is 5.19. The van der Waals surface area contributed by atoms with Crippen LogP contribution in [0.3, 0.4) is 0 Å². The van der Waals surface area contributed by atoms with Crippen LogP contribution in [0.25, 0.3) is 10.2 Å². The largest absolute Gasteiger partial charge is 0.484 e. The summed E-state index contributed by atoms with van der Waals surface area (Å²) in [5.41, 5.74) is 1.14. The zero-order chi connectivity index (χ0) is 15.0. The molecular weight excluding hydrogens is 327 g/mol. The molecule has 0 atom stereocenters. The lowest BCUT2D eigenvalue weighted by atomic mass is 10.2. The summed E-state index contributed by atoms with van der Waals surface area (Å²) < 4.78 is 5.65. The second-order valence-electron chi connectivity index (χ2n) is 4.61. The van der Waals surface area contributed by atoms with Crippen LogP contribution in [-0.2, 0) is 6.61 Å². The van der Waals surface area contributed by atoms with Crippen molar-refractivity contribution in [1.82, 2.24) is 9.97 Å². The van der Waals surface area contributed by atoms with Crippen LogP contribution in [0.2, 0.25) is 10.2 Å². The molecule has 3 nitrogen and oxygen atoms in total. The van der Waals surface area contributed by atoms with Gasteiger partial charge in [-0.1, -0.05) is 35.3 Å². The molecule has 2 aromatic heterocycles. The fourth-order valence-corrected chi connectivity index (χ4v) is 3.63. The van der Waals surface area contributed by atoms with Crippen LogP contribution in [0.15, 0.2) is 24.3 Å². The third-order valence-electron chi connectivity index (χ3n) is 3.22. The van der Waals surface area contributed by atoms with Gasteiger partial charge in [0.15, 0.2) is 5.82 Å². The zero-order valence-electron chi connectivity index (χ0n) is 11.5. The molecule has 6 heteroatoms. The fourth-order valence-electron chi connectivity index (χ4n) is 2.01. The Bertz CT molecular complexity index is 817. The highest BCUT2D eigenvalue weighted by molar-refractivity contribution is 7.18. The second-order valence-corrected chi connectivity index (χ2v) is 6.58. The Kier molecular flexibility index (Phi) is 4.02. The number of para-hydroxylation sites is 1. The maximum atomic E-state index is 6.27. The Morgan fingerprint density at radius 2 is 1.90 bits per heavy atom. The third-order valence-corrected chi connectivity index (χ3v) is 4.91. The van der Waals surface area contributed by atoms with Crippen LogP contribution in [0.1, 0.15) is 16.3 Å². The van der Waals surface area contributed by atoms with Gasteiger partial charge < -0.3 is 4.74 Å². The molecule has 3 aromatic rings. The summed E-state index contributed by atoms with van der Waals surface area (Å²) in [5.74, 6) is 1.16. The van der Waals surface area contributed by atoms with Gasteiger partial charge in [0.25, 0.3) is 0 Å². The number of nitrogens with zero attached hydrogens (tertiary/aromatic N) is 2. The van der Waals surface area contributed by atoms with E-state index >= 15 is 0 Å². The molecule has 0 saturated carbocycles. The summed E-state index contributed by atoms with van der Waals surface area (Å²) in [5, 5.41) is 1.97. The number of hydrogen-bond acceptors (Lipinski definition) is 4. The Hall–Kier alpha value is -1.36. The van der Waals surface area contributed by atoms with Gasteiger partial charge in [0.05, 0.1) is 10.4 Å². The fraction of sp³-hybridized carbons (Fsp3) is 0.200. The van der Waals surface area contributed by atoms with Crippen molar-refractivity contribution >= 4 is 44.8 Å². The minimum Gasteiger partial charge on any atom is -0.484 e. The lowest BCUT2D eigenvalue weighted by Crippen LogP contribution is -2.02. The highest BCUT2D eigenvalue weighted by atomic mass is 35.5. The number of ether oxygens (including phenoxy) is 1. The number of benzene rings is 1. The molecule has 0 saturated heterocycles. The topological polar surface area (TPSA) is 35.0 Å². The molecule has 0 aliphatic heterocycles. The first-order chi connectivity index (χ1) is 10.1. The molecule has 0 radical (unpaired) electrons. The average molecular weight is 339 g/mol. The highest BCUT2D eigenvalue weighted by Crippen LogP contribution is 2.33. The molecule has 0 amide bonds. The summed E-state index contributed by atoms with van der Waals surface area (Å²) in [7, 11) is 0. The van der Waals surface area contributed by atoms with E-state index in [-0.39, 0.29) is 6.61 Å². The van der Waals surface area contributed by atoms with Gasteiger partial charge in [0.2, 0.25) is 0 Å². The van der Waals surface area contributed by atoms with Gasteiger partial charge in [-0.05, 0) is 31.5 Å². The van der Waals surface area contributed by atoms with Gasteiger partial charge in [-0.2, -0.15) is 0 Å². The van der Waals surface area contributed by atoms with Gasteiger partial charge in [-0.3, -0.25) is 0 Å². The van der Waals surface area contributed by atoms with Crippen molar-refractivity contribution in [2.45, 2.75) is 20.5 Å². The lowest BCUT2D eigenvalue weighted by Gasteiger charge is -2.07. The minimum atomic E-state index is 0.232. The lowest BCUT2D eigenvalue weighted by molar-refractivity contribution is 0.296. The SMILES string of the molecule is Cc1sc2nc(COc3ccccc3Cl)nc(Cl)c2c1C. The van der Waals surface area contributed by atoms with Gasteiger partial charge in [-0.15, -0.1) is 11.3 Å². The monoisotopic (exact) mass is 338 g/mol. The van der Waals surface area contributed by atoms with Gasteiger partial charge in [0.1, 0.15) is 22.3 Å². The van der Waals surface area contributed by atoms with Crippen LogP contribution >= 0.6 is 34.5 Å². The number of aromatic nitrogens is 2. The van der Waals surface area contributed by atoms with Crippen molar-refractivity contribution in [3.63, 3.8) is 0 Å². The van der Waals surface area contributed by atoms with Crippen molar-refractivity contribution in [3.05, 3.63) is 50.7 Å². The van der Waals surface area contributed by atoms with E-state index in [0.29, 0.717) is 21.7 Å². The highest BCUT2D eigenvalue weighted by Gasteiger charge is 2.13. The smallest absolute Gasteiger partial charge is 0.169 e. The molecule has 2 heterocycles. The number of thiophene rings is 1. The van der Waals surface area contributed by atoms with Crippen molar-refractivity contribution in [1.29, 1.82) is 0 Å². The van der Waals surface area contributed by atoms with E-state index in [4.69, 9.17) is 27.9 Å². The normalized spacial score (nSPS) is 11.0. The number of hydrogen-bond donors (Lipinski definition) is 0. The van der Waals surface area contributed by atoms with Crippen molar-refractivity contribution in [3.8, 4) is 5.75 Å². The van der Waals surface area contributed by atoms with Crippen molar-refractivity contribution < 1.29 is 4.74 Å². The van der Waals surface area contributed by atoms with Crippen LogP contribution in [0.5, 0.6) is 5.75 Å². The Morgan fingerprint density at radius 3 is 2.67 bits per heavy atom. The molecular formula is C15H12Cl2N2OS. The first-order valence-electron chi connectivity index (χ1n) is 6.35. The average Bonchev–Trinajstić information content (AvgIpc) is 2.73. The molecule has 1 aromatic carbocycles. The van der Waals surface area contributed by atoms with E-state index in [2.05, 4.69) is 16.9 Å². The zero-order valence-corrected chi connectivity index (χ0v) is 13.8. The Balaban J connectivity index is 1.90. The summed E-state index contributed by atoms with van der Waals surface area (Å²) >= 11 is 13.9. The van der Waals surface area contributed by atoms with Crippen molar-refractivity contribution in [2.75, 3.05) is 0 Å². The van der Waals surface area contributed by atoms with E-state index in [0.717, 1.165) is 15.8 Å². The summed E-state index contributed by atoms with van der Waals surface area (Å²) in [6.45, 7) is 4.32. The molecule has 0 aliphatic rings. The number of aryl methyl sites for hydroxylation is 2. The molecule has 0 spiro atoms. The quantitative estimate of drug-likeness (QED) is 0.616. The van der Waals surface area contributed by atoms with Crippen molar-refractivity contribution in [2.24, 2.45) is 0 Å². The van der Waals surface area contributed by atoms with Gasteiger partial charge in [-0.25, -0.2) is 9.97 Å². The first kappa shape index (κ1) is 14.6. The molecule has 108 valence electrons.